The number of benzene rings is 1. The van der Waals surface area contributed by atoms with Gasteiger partial charge in [0.2, 0.25) is 10.0 Å². The molecule has 1 saturated heterocycles. The van der Waals surface area contributed by atoms with Crippen LogP contribution in [0.25, 0.3) is 0 Å². The van der Waals surface area contributed by atoms with Crippen LogP contribution in [0.1, 0.15) is 12.8 Å². The van der Waals surface area contributed by atoms with Gasteiger partial charge in [-0.1, -0.05) is 0 Å². The second-order valence-corrected chi connectivity index (χ2v) is 6.03. The zero-order valence-electron chi connectivity index (χ0n) is 9.57. The summed E-state index contributed by atoms with van der Waals surface area (Å²) in [5, 5.41) is 10.6. The molecule has 1 aliphatic rings. The van der Waals surface area contributed by atoms with E-state index in [0.29, 0.717) is 13.1 Å². The van der Waals surface area contributed by atoms with Crippen LogP contribution < -0.4 is 5.73 Å². The molecule has 7 nitrogen and oxygen atoms in total. The number of nitro groups is 1. The Morgan fingerprint density at radius 3 is 2.39 bits per heavy atom. The van der Waals surface area contributed by atoms with Crippen LogP contribution in [-0.4, -0.2) is 30.7 Å². The summed E-state index contributed by atoms with van der Waals surface area (Å²) in [7, 11) is -3.57. The molecule has 1 aliphatic heterocycles. The largest absolute Gasteiger partial charge is 0.393 e. The zero-order chi connectivity index (χ0) is 13.3. The number of hydrogen-bond acceptors (Lipinski definition) is 5. The first-order chi connectivity index (χ1) is 8.43. The molecule has 1 fully saturated rings. The Hall–Kier alpha value is -1.67. The minimum absolute atomic E-state index is 0.00694. The highest BCUT2D eigenvalue weighted by molar-refractivity contribution is 7.89. The number of rotatable bonds is 3. The summed E-state index contributed by atoms with van der Waals surface area (Å²) in [6.45, 7) is 0.971. The summed E-state index contributed by atoms with van der Waals surface area (Å²) in [5.74, 6) is 0. The SMILES string of the molecule is Nc1cc(S(=O)(=O)N2CCCC2)ccc1[N+](=O)[O-]. The second kappa shape index (κ2) is 4.54. The van der Waals surface area contributed by atoms with Crippen molar-refractivity contribution in [3.8, 4) is 0 Å². The topological polar surface area (TPSA) is 107 Å². The molecule has 98 valence electrons. The minimum atomic E-state index is -3.57. The van der Waals surface area contributed by atoms with Crippen LogP contribution >= 0.6 is 0 Å². The molecule has 0 unspecified atom stereocenters. The Labute approximate surface area is 104 Å². The third-order valence-electron chi connectivity index (χ3n) is 2.90. The lowest BCUT2D eigenvalue weighted by Crippen LogP contribution is -2.27. The Balaban J connectivity index is 2.40. The first-order valence-electron chi connectivity index (χ1n) is 5.47. The molecule has 18 heavy (non-hydrogen) atoms. The van der Waals surface area contributed by atoms with Gasteiger partial charge in [0.1, 0.15) is 5.69 Å². The third kappa shape index (κ3) is 2.16. The smallest absolute Gasteiger partial charge is 0.292 e. The van der Waals surface area contributed by atoms with E-state index < -0.39 is 14.9 Å². The lowest BCUT2D eigenvalue weighted by molar-refractivity contribution is -0.383. The summed E-state index contributed by atoms with van der Waals surface area (Å²) < 4.78 is 25.7. The van der Waals surface area contributed by atoms with Crippen LogP contribution in [0.15, 0.2) is 23.1 Å². The first kappa shape index (κ1) is 12.8. The van der Waals surface area contributed by atoms with E-state index in [9.17, 15) is 18.5 Å². The molecule has 0 atom stereocenters. The highest BCUT2D eigenvalue weighted by atomic mass is 32.2. The average molecular weight is 271 g/mol. The maximum absolute atomic E-state index is 12.2. The summed E-state index contributed by atoms with van der Waals surface area (Å²) >= 11 is 0. The molecule has 0 amide bonds. The van der Waals surface area contributed by atoms with Gasteiger partial charge in [0.25, 0.3) is 5.69 Å². The van der Waals surface area contributed by atoms with Crippen LogP contribution in [0.5, 0.6) is 0 Å². The van der Waals surface area contributed by atoms with Gasteiger partial charge >= 0.3 is 0 Å². The first-order valence-corrected chi connectivity index (χ1v) is 6.91. The molecule has 1 aromatic carbocycles. The Morgan fingerprint density at radius 2 is 1.89 bits per heavy atom. The molecule has 1 heterocycles. The van der Waals surface area contributed by atoms with Crippen LogP contribution in [0.3, 0.4) is 0 Å². The van der Waals surface area contributed by atoms with Crippen LogP contribution in [0, 0.1) is 10.1 Å². The van der Waals surface area contributed by atoms with Gasteiger partial charge in [-0.3, -0.25) is 10.1 Å². The van der Waals surface area contributed by atoms with Gasteiger partial charge in [-0.2, -0.15) is 4.31 Å². The number of nitrogens with zero attached hydrogens (tertiary/aromatic N) is 2. The molecule has 0 aliphatic carbocycles. The van der Waals surface area contributed by atoms with Crippen molar-refractivity contribution < 1.29 is 13.3 Å². The predicted molar refractivity (Wildman–Crippen MR) is 65.5 cm³/mol. The van der Waals surface area contributed by atoms with Gasteiger partial charge in [-0.05, 0) is 25.0 Å². The van der Waals surface area contributed by atoms with E-state index >= 15 is 0 Å². The molecule has 0 radical (unpaired) electrons. The normalized spacial score (nSPS) is 16.9. The van der Waals surface area contributed by atoms with Gasteiger partial charge in [0.15, 0.2) is 0 Å². The lowest BCUT2D eigenvalue weighted by Gasteiger charge is -2.15. The van der Waals surface area contributed by atoms with Crippen molar-refractivity contribution >= 4 is 21.4 Å². The average Bonchev–Trinajstić information content (AvgIpc) is 2.82. The van der Waals surface area contributed by atoms with Crippen molar-refractivity contribution in [3.05, 3.63) is 28.3 Å². The quantitative estimate of drug-likeness (QED) is 0.500. The molecular weight excluding hydrogens is 258 g/mol. The van der Waals surface area contributed by atoms with E-state index in [1.807, 2.05) is 0 Å². The number of nitro benzene ring substituents is 1. The van der Waals surface area contributed by atoms with Crippen LogP contribution in [-0.2, 0) is 10.0 Å². The number of nitrogens with two attached hydrogens (primary N) is 1. The summed E-state index contributed by atoms with van der Waals surface area (Å²) in [6, 6.07) is 3.49. The van der Waals surface area contributed by atoms with E-state index in [1.54, 1.807) is 0 Å². The maximum Gasteiger partial charge on any atom is 0.292 e. The highest BCUT2D eigenvalue weighted by Gasteiger charge is 2.28. The van der Waals surface area contributed by atoms with Crippen molar-refractivity contribution in [2.45, 2.75) is 17.7 Å². The fraction of sp³-hybridized carbons (Fsp3) is 0.400. The monoisotopic (exact) mass is 271 g/mol. The molecular formula is C10H13N3O4S. The van der Waals surface area contributed by atoms with Crippen LogP contribution in [0.4, 0.5) is 11.4 Å². The number of nitrogen functional groups attached to an aromatic ring is 1. The van der Waals surface area contributed by atoms with E-state index in [-0.39, 0.29) is 16.3 Å². The maximum atomic E-state index is 12.2. The molecule has 0 saturated carbocycles. The van der Waals surface area contributed by atoms with E-state index in [0.717, 1.165) is 25.0 Å². The standard InChI is InChI=1S/C10H13N3O4S/c11-9-7-8(3-4-10(9)13(14)15)18(16,17)12-5-1-2-6-12/h3-4,7H,1-2,5-6,11H2. The van der Waals surface area contributed by atoms with Crippen LogP contribution in [0.2, 0.25) is 0 Å². The van der Waals surface area contributed by atoms with Gasteiger partial charge in [0, 0.05) is 19.2 Å². The highest BCUT2D eigenvalue weighted by Crippen LogP contribution is 2.27. The van der Waals surface area contributed by atoms with E-state index in [2.05, 4.69) is 0 Å². The minimum Gasteiger partial charge on any atom is -0.393 e. The molecule has 2 N–H and O–H groups in total. The van der Waals surface area contributed by atoms with Gasteiger partial charge in [-0.25, -0.2) is 8.42 Å². The molecule has 1 aromatic rings. The van der Waals surface area contributed by atoms with Crippen molar-refractivity contribution in [1.29, 1.82) is 0 Å². The van der Waals surface area contributed by atoms with E-state index in [4.69, 9.17) is 5.73 Å². The van der Waals surface area contributed by atoms with Gasteiger partial charge < -0.3 is 5.73 Å². The lowest BCUT2D eigenvalue weighted by atomic mass is 10.3. The van der Waals surface area contributed by atoms with Crippen molar-refractivity contribution in [2.24, 2.45) is 0 Å². The van der Waals surface area contributed by atoms with Gasteiger partial charge in [-0.15, -0.1) is 0 Å². The second-order valence-electron chi connectivity index (χ2n) is 4.09. The Kier molecular flexibility index (Phi) is 3.22. The summed E-state index contributed by atoms with van der Waals surface area (Å²) in [4.78, 5) is 9.97. The van der Waals surface area contributed by atoms with Crippen molar-refractivity contribution in [2.75, 3.05) is 18.8 Å². The predicted octanol–water partition coefficient (Wildman–Crippen LogP) is 0.961. The molecule has 2 rings (SSSR count). The number of hydrogen-bond donors (Lipinski definition) is 1. The number of anilines is 1. The fourth-order valence-corrected chi connectivity index (χ4v) is 3.49. The fourth-order valence-electron chi connectivity index (χ4n) is 1.94. The Bertz CT molecular complexity index is 579. The van der Waals surface area contributed by atoms with Crippen molar-refractivity contribution in [3.63, 3.8) is 0 Å². The molecule has 8 heteroatoms. The van der Waals surface area contributed by atoms with E-state index in [1.165, 1.54) is 10.4 Å². The zero-order valence-corrected chi connectivity index (χ0v) is 10.4. The van der Waals surface area contributed by atoms with Gasteiger partial charge in [0.05, 0.1) is 9.82 Å². The molecule has 0 bridgehead atoms. The molecule has 0 spiro atoms. The third-order valence-corrected chi connectivity index (χ3v) is 4.79. The van der Waals surface area contributed by atoms with Crippen molar-refractivity contribution in [1.82, 2.24) is 4.31 Å². The summed E-state index contributed by atoms with van der Waals surface area (Å²) in [6.07, 6.45) is 1.67. The summed E-state index contributed by atoms with van der Waals surface area (Å²) in [5.41, 5.74) is 5.07. The number of sulfonamides is 1. The molecule has 0 aromatic heterocycles. The Morgan fingerprint density at radius 1 is 1.28 bits per heavy atom.